The number of hydrogen-bond donors (Lipinski definition) is 1. The molecular formula is C14H12N2O2. The molecule has 0 unspecified atom stereocenters. The van der Waals surface area contributed by atoms with Gasteiger partial charge in [0.15, 0.2) is 0 Å². The van der Waals surface area contributed by atoms with E-state index in [1.54, 1.807) is 0 Å². The molecule has 0 aliphatic heterocycles. The van der Waals surface area contributed by atoms with E-state index in [1.807, 2.05) is 36.4 Å². The average molecular weight is 240 g/mol. The lowest BCUT2D eigenvalue weighted by Crippen LogP contribution is -2.04. The second kappa shape index (κ2) is 4.14. The highest BCUT2D eigenvalue weighted by atomic mass is 16.6. The van der Waals surface area contributed by atoms with Gasteiger partial charge in [0, 0.05) is 33.1 Å². The Balaban J connectivity index is 2.18. The first-order valence-electron chi connectivity index (χ1n) is 5.86. The van der Waals surface area contributed by atoms with Gasteiger partial charge in [0.05, 0.1) is 0 Å². The zero-order valence-electron chi connectivity index (χ0n) is 9.72. The summed E-state index contributed by atoms with van der Waals surface area (Å²) in [5.41, 5.74) is 3.09. The first-order valence-corrected chi connectivity index (χ1v) is 5.86. The number of hydrogen-bond acceptors (Lipinski definition) is 2. The van der Waals surface area contributed by atoms with Gasteiger partial charge >= 0.3 is 0 Å². The van der Waals surface area contributed by atoms with Crippen molar-refractivity contribution in [2.24, 2.45) is 0 Å². The zero-order chi connectivity index (χ0) is 12.5. The Labute approximate surface area is 103 Å². The minimum atomic E-state index is -0.276. The topological polar surface area (TPSA) is 58.9 Å². The first kappa shape index (κ1) is 10.8. The van der Waals surface area contributed by atoms with Crippen molar-refractivity contribution in [3.63, 3.8) is 0 Å². The van der Waals surface area contributed by atoms with E-state index in [9.17, 15) is 10.1 Å². The fraction of sp³-hybridized carbons (Fsp3) is 0.143. The molecule has 1 heterocycles. The molecule has 3 aromatic rings. The molecule has 3 rings (SSSR count). The van der Waals surface area contributed by atoms with Gasteiger partial charge in [0.1, 0.15) is 0 Å². The van der Waals surface area contributed by atoms with Gasteiger partial charge in [0.2, 0.25) is 6.54 Å². The van der Waals surface area contributed by atoms with Crippen LogP contribution in [0.3, 0.4) is 0 Å². The lowest BCUT2D eigenvalue weighted by molar-refractivity contribution is -0.479. The number of para-hydroxylation sites is 2. The third kappa shape index (κ3) is 1.72. The summed E-state index contributed by atoms with van der Waals surface area (Å²) in [5, 5.41) is 12.8. The van der Waals surface area contributed by atoms with Crippen LogP contribution in [0.4, 0.5) is 0 Å². The third-order valence-corrected chi connectivity index (χ3v) is 3.19. The molecule has 0 amide bonds. The molecule has 0 aliphatic carbocycles. The third-order valence-electron chi connectivity index (χ3n) is 3.19. The van der Waals surface area contributed by atoms with E-state index in [2.05, 4.69) is 11.1 Å². The van der Waals surface area contributed by atoms with E-state index in [4.69, 9.17) is 0 Å². The Morgan fingerprint density at radius 3 is 2.67 bits per heavy atom. The number of aromatic amines is 1. The summed E-state index contributed by atoms with van der Waals surface area (Å²) in [5.74, 6) is 0. The van der Waals surface area contributed by atoms with Gasteiger partial charge in [-0.1, -0.05) is 36.4 Å². The first-order chi connectivity index (χ1) is 8.75. The van der Waals surface area contributed by atoms with E-state index >= 15 is 0 Å². The molecule has 2 aromatic carbocycles. The Bertz CT molecular complexity index is 731. The molecule has 0 aliphatic rings. The molecule has 0 bridgehead atoms. The van der Waals surface area contributed by atoms with Crippen LogP contribution in [0.2, 0.25) is 0 Å². The maximum Gasteiger partial charge on any atom is 0.207 e. The number of nitrogens with zero attached hydrogens (tertiary/aromatic N) is 1. The standard InChI is InChI=1S/C14H12N2O2/c17-16(18)9-8-10-4-3-6-12-11-5-1-2-7-13(11)15-14(10)12/h1-7,15H,8-9H2. The average Bonchev–Trinajstić information content (AvgIpc) is 2.75. The predicted molar refractivity (Wildman–Crippen MR) is 71.4 cm³/mol. The van der Waals surface area contributed by atoms with E-state index < -0.39 is 0 Å². The van der Waals surface area contributed by atoms with Crippen molar-refractivity contribution in [3.8, 4) is 0 Å². The number of aromatic nitrogens is 1. The number of nitrogens with one attached hydrogen (secondary N) is 1. The fourth-order valence-electron chi connectivity index (χ4n) is 2.35. The molecule has 1 N–H and O–H groups in total. The van der Waals surface area contributed by atoms with Gasteiger partial charge in [0.25, 0.3) is 0 Å². The van der Waals surface area contributed by atoms with Crippen LogP contribution >= 0.6 is 0 Å². The molecule has 0 spiro atoms. The summed E-state index contributed by atoms with van der Waals surface area (Å²) in [4.78, 5) is 13.5. The molecule has 18 heavy (non-hydrogen) atoms. The molecule has 0 saturated heterocycles. The Morgan fingerprint density at radius 2 is 1.83 bits per heavy atom. The second-order valence-electron chi connectivity index (χ2n) is 4.32. The van der Waals surface area contributed by atoms with Crippen molar-refractivity contribution in [2.75, 3.05) is 6.54 Å². The number of rotatable bonds is 3. The number of benzene rings is 2. The molecule has 4 heteroatoms. The normalized spacial score (nSPS) is 11.1. The summed E-state index contributed by atoms with van der Waals surface area (Å²) >= 11 is 0. The SMILES string of the molecule is O=[N+]([O-])CCc1cccc2c1[nH]c1ccccc12. The number of fused-ring (bicyclic) bond motifs is 3. The van der Waals surface area contributed by atoms with Crippen LogP contribution in [-0.4, -0.2) is 16.5 Å². The van der Waals surface area contributed by atoms with Crippen LogP contribution in [-0.2, 0) is 6.42 Å². The smallest absolute Gasteiger partial charge is 0.207 e. The number of nitro groups is 1. The molecule has 0 atom stereocenters. The monoisotopic (exact) mass is 240 g/mol. The van der Waals surface area contributed by atoms with E-state index in [0.717, 1.165) is 27.4 Å². The van der Waals surface area contributed by atoms with E-state index in [-0.39, 0.29) is 11.5 Å². The highest BCUT2D eigenvalue weighted by Crippen LogP contribution is 2.27. The van der Waals surface area contributed by atoms with Crippen molar-refractivity contribution in [1.82, 2.24) is 4.98 Å². The Morgan fingerprint density at radius 1 is 1.06 bits per heavy atom. The van der Waals surface area contributed by atoms with Crippen LogP contribution in [0.15, 0.2) is 42.5 Å². The molecule has 0 fully saturated rings. The molecule has 4 nitrogen and oxygen atoms in total. The van der Waals surface area contributed by atoms with Crippen LogP contribution in [0, 0.1) is 10.1 Å². The maximum atomic E-state index is 10.5. The van der Waals surface area contributed by atoms with E-state index in [0.29, 0.717) is 6.42 Å². The van der Waals surface area contributed by atoms with Crippen molar-refractivity contribution in [2.45, 2.75) is 6.42 Å². The van der Waals surface area contributed by atoms with Gasteiger partial charge in [-0.05, 0) is 11.6 Å². The van der Waals surface area contributed by atoms with Crippen LogP contribution in [0.5, 0.6) is 0 Å². The van der Waals surface area contributed by atoms with Gasteiger partial charge < -0.3 is 4.98 Å². The molecular weight excluding hydrogens is 228 g/mol. The summed E-state index contributed by atoms with van der Waals surface area (Å²) in [6.45, 7) is -0.0333. The summed E-state index contributed by atoms with van der Waals surface area (Å²) in [6, 6.07) is 14.0. The van der Waals surface area contributed by atoms with Crippen LogP contribution in [0.25, 0.3) is 21.8 Å². The summed E-state index contributed by atoms with van der Waals surface area (Å²) in [7, 11) is 0. The fourth-order valence-corrected chi connectivity index (χ4v) is 2.35. The van der Waals surface area contributed by atoms with Crippen LogP contribution in [0.1, 0.15) is 5.56 Å². The van der Waals surface area contributed by atoms with Crippen molar-refractivity contribution < 1.29 is 4.92 Å². The van der Waals surface area contributed by atoms with Gasteiger partial charge in [-0.3, -0.25) is 10.1 Å². The van der Waals surface area contributed by atoms with Crippen molar-refractivity contribution >= 4 is 21.8 Å². The highest BCUT2D eigenvalue weighted by molar-refractivity contribution is 6.08. The van der Waals surface area contributed by atoms with Gasteiger partial charge in [-0.25, -0.2) is 0 Å². The molecule has 1 aromatic heterocycles. The highest BCUT2D eigenvalue weighted by Gasteiger charge is 2.09. The van der Waals surface area contributed by atoms with Crippen molar-refractivity contribution in [1.29, 1.82) is 0 Å². The minimum Gasteiger partial charge on any atom is -0.354 e. The quantitative estimate of drug-likeness (QED) is 0.564. The largest absolute Gasteiger partial charge is 0.354 e. The predicted octanol–water partition coefficient (Wildman–Crippen LogP) is 3.14. The molecule has 90 valence electrons. The molecule has 0 saturated carbocycles. The molecule has 0 radical (unpaired) electrons. The second-order valence-corrected chi connectivity index (χ2v) is 4.32. The maximum absolute atomic E-state index is 10.5. The lowest BCUT2D eigenvalue weighted by atomic mass is 10.1. The lowest BCUT2D eigenvalue weighted by Gasteiger charge is -1.99. The zero-order valence-corrected chi connectivity index (χ0v) is 9.72. The van der Waals surface area contributed by atoms with Crippen molar-refractivity contribution in [3.05, 3.63) is 58.1 Å². The Kier molecular flexibility index (Phi) is 2.48. The van der Waals surface area contributed by atoms with Gasteiger partial charge in [-0.15, -0.1) is 0 Å². The van der Waals surface area contributed by atoms with Gasteiger partial charge in [-0.2, -0.15) is 0 Å². The summed E-state index contributed by atoms with van der Waals surface area (Å²) in [6.07, 6.45) is 0.456. The number of H-pyrrole nitrogens is 1. The summed E-state index contributed by atoms with van der Waals surface area (Å²) < 4.78 is 0. The van der Waals surface area contributed by atoms with E-state index in [1.165, 1.54) is 0 Å². The van der Waals surface area contributed by atoms with Crippen LogP contribution < -0.4 is 0 Å². The minimum absolute atomic E-state index is 0.0333. The Hall–Kier alpha value is -2.36.